The van der Waals surface area contributed by atoms with Crippen molar-refractivity contribution in [3.05, 3.63) is 89.6 Å². The minimum atomic E-state index is -0.385. The zero-order valence-corrected chi connectivity index (χ0v) is 17.1. The van der Waals surface area contributed by atoms with Crippen LogP contribution in [0.2, 0.25) is 5.02 Å². The monoisotopic (exact) mass is 420 g/mol. The lowest BCUT2D eigenvalue weighted by atomic mass is 9.97. The third kappa shape index (κ3) is 4.36. The van der Waals surface area contributed by atoms with Crippen molar-refractivity contribution in [3.8, 4) is 22.4 Å². The Bertz CT molecular complexity index is 1120. The molecule has 1 aromatic heterocycles. The number of ether oxygens (including phenoxy) is 1. The Labute approximate surface area is 177 Å². The Hall–Kier alpha value is -3.02. The second kappa shape index (κ2) is 8.55. The summed E-state index contributed by atoms with van der Waals surface area (Å²) in [4.78, 5) is 14.4. The van der Waals surface area contributed by atoms with Crippen LogP contribution in [0.1, 0.15) is 10.4 Å². The molecule has 0 saturated heterocycles. The molecule has 4 nitrogen and oxygen atoms in total. The number of aromatic amines is 1. The van der Waals surface area contributed by atoms with Crippen LogP contribution in [-0.4, -0.2) is 23.3 Å². The second-order valence-corrected chi connectivity index (χ2v) is 7.88. The summed E-state index contributed by atoms with van der Waals surface area (Å²) in [6, 6.07) is 23.6. The number of nitrogens with zero attached hydrogens (tertiary/aromatic N) is 1. The lowest BCUT2D eigenvalue weighted by Crippen LogP contribution is -2.04. The van der Waals surface area contributed by atoms with Crippen molar-refractivity contribution in [3.63, 3.8) is 0 Å². The van der Waals surface area contributed by atoms with Crippen molar-refractivity contribution in [1.82, 2.24) is 10.2 Å². The van der Waals surface area contributed by atoms with Crippen molar-refractivity contribution < 1.29 is 9.53 Å². The standard InChI is InChI=1S/C23H17ClN2O2S/c1-28-23(27)20-11-4-16(14-21(20)22-12-13-25-26-22)15-2-7-18(8-3-15)29-19-9-5-17(24)6-10-19/h2-14H,1H3,(H,25,26). The predicted octanol–water partition coefficient (Wildman–Crippen LogP) is 6.33. The molecule has 1 heterocycles. The van der Waals surface area contributed by atoms with Crippen LogP contribution in [-0.2, 0) is 4.74 Å². The number of rotatable bonds is 5. The van der Waals surface area contributed by atoms with Gasteiger partial charge in [0.15, 0.2) is 0 Å². The van der Waals surface area contributed by atoms with Crippen molar-refractivity contribution >= 4 is 29.3 Å². The molecule has 29 heavy (non-hydrogen) atoms. The summed E-state index contributed by atoms with van der Waals surface area (Å²) < 4.78 is 4.91. The molecular formula is C23H17ClN2O2S. The molecule has 4 aromatic rings. The number of nitrogens with one attached hydrogen (secondary N) is 1. The van der Waals surface area contributed by atoms with Gasteiger partial charge in [-0.3, -0.25) is 5.10 Å². The maximum absolute atomic E-state index is 12.1. The van der Waals surface area contributed by atoms with E-state index in [1.54, 1.807) is 24.0 Å². The summed E-state index contributed by atoms with van der Waals surface area (Å²) in [5.41, 5.74) is 3.97. The number of benzene rings is 3. The topological polar surface area (TPSA) is 55.0 Å². The second-order valence-electron chi connectivity index (χ2n) is 6.29. The molecule has 0 radical (unpaired) electrons. The number of esters is 1. The molecule has 0 unspecified atom stereocenters. The van der Waals surface area contributed by atoms with Crippen molar-refractivity contribution in [1.29, 1.82) is 0 Å². The number of carbonyl (C=O) groups is 1. The quantitative estimate of drug-likeness (QED) is 0.383. The average Bonchev–Trinajstić information content (AvgIpc) is 3.30. The van der Waals surface area contributed by atoms with E-state index in [0.717, 1.165) is 31.5 Å². The summed E-state index contributed by atoms with van der Waals surface area (Å²) in [6.45, 7) is 0. The van der Waals surface area contributed by atoms with E-state index in [9.17, 15) is 4.79 Å². The number of hydrogen-bond donors (Lipinski definition) is 1. The summed E-state index contributed by atoms with van der Waals surface area (Å²) in [7, 11) is 1.38. The van der Waals surface area contributed by atoms with Gasteiger partial charge in [0.1, 0.15) is 0 Å². The highest BCUT2D eigenvalue weighted by Gasteiger charge is 2.16. The SMILES string of the molecule is COC(=O)c1ccc(-c2ccc(Sc3ccc(Cl)cc3)cc2)cc1-c1cc[nH]n1. The molecule has 3 aromatic carbocycles. The fourth-order valence-electron chi connectivity index (χ4n) is 2.99. The number of halogens is 1. The van der Waals surface area contributed by atoms with Crippen LogP contribution in [0.5, 0.6) is 0 Å². The van der Waals surface area contributed by atoms with E-state index in [4.69, 9.17) is 16.3 Å². The van der Waals surface area contributed by atoms with Crippen LogP contribution in [0.3, 0.4) is 0 Å². The molecule has 0 aliphatic heterocycles. The van der Waals surface area contributed by atoms with Crippen LogP contribution in [0, 0.1) is 0 Å². The van der Waals surface area contributed by atoms with Gasteiger partial charge < -0.3 is 4.74 Å². The van der Waals surface area contributed by atoms with E-state index >= 15 is 0 Å². The smallest absolute Gasteiger partial charge is 0.338 e. The number of methoxy groups -OCH3 is 1. The number of aromatic nitrogens is 2. The van der Waals surface area contributed by atoms with Crippen molar-refractivity contribution in [2.45, 2.75) is 9.79 Å². The van der Waals surface area contributed by atoms with E-state index < -0.39 is 0 Å². The Morgan fingerprint density at radius 3 is 2.21 bits per heavy atom. The highest BCUT2D eigenvalue weighted by atomic mass is 35.5. The molecule has 0 amide bonds. The predicted molar refractivity (Wildman–Crippen MR) is 116 cm³/mol. The van der Waals surface area contributed by atoms with Crippen LogP contribution >= 0.6 is 23.4 Å². The van der Waals surface area contributed by atoms with E-state index in [0.29, 0.717) is 11.3 Å². The van der Waals surface area contributed by atoms with Gasteiger partial charge in [-0.05, 0) is 65.7 Å². The number of hydrogen-bond acceptors (Lipinski definition) is 4. The van der Waals surface area contributed by atoms with Gasteiger partial charge in [-0.15, -0.1) is 0 Å². The van der Waals surface area contributed by atoms with Crippen LogP contribution < -0.4 is 0 Å². The van der Waals surface area contributed by atoms with Gasteiger partial charge in [0.05, 0.1) is 18.4 Å². The molecule has 0 spiro atoms. The van der Waals surface area contributed by atoms with Gasteiger partial charge in [0, 0.05) is 26.6 Å². The van der Waals surface area contributed by atoms with E-state index in [1.165, 1.54) is 7.11 Å². The van der Waals surface area contributed by atoms with Gasteiger partial charge in [0.25, 0.3) is 0 Å². The molecule has 6 heteroatoms. The van der Waals surface area contributed by atoms with Crippen molar-refractivity contribution in [2.75, 3.05) is 7.11 Å². The van der Waals surface area contributed by atoms with Gasteiger partial charge in [-0.2, -0.15) is 5.10 Å². The highest BCUT2D eigenvalue weighted by Crippen LogP contribution is 2.32. The molecule has 4 rings (SSSR count). The molecule has 0 aliphatic carbocycles. The first kappa shape index (κ1) is 19.3. The van der Waals surface area contributed by atoms with E-state index in [1.807, 2.05) is 42.5 Å². The van der Waals surface area contributed by atoms with E-state index in [2.05, 4.69) is 34.5 Å². The van der Waals surface area contributed by atoms with E-state index in [-0.39, 0.29) is 5.97 Å². The third-order valence-corrected chi connectivity index (χ3v) is 5.71. The molecule has 0 aliphatic rings. The minimum Gasteiger partial charge on any atom is -0.465 e. The zero-order valence-electron chi connectivity index (χ0n) is 15.6. The fourth-order valence-corrected chi connectivity index (χ4v) is 3.93. The van der Waals surface area contributed by atoms with Gasteiger partial charge in [-0.1, -0.05) is 41.6 Å². The molecule has 0 bridgehead atoms. The largest absolute Gasteiger partial charge is 0.465 e. The van der Waals surface area contributed by atoms with Gasteiger partial charge in [-0.25, -0.2) is 4.79 Å². The lowest BCUT2D eigenvalue weighted by molar-refractivity contribution is 0.0601. The summed E-state index contributed by atoms with van der Waals surface area (Å²) in [6.07, 6.45) is 1.73. The lowest BCUT2D eigenvalue weighted by Gasteiger charge is -2.10. The highest BCUT2D eigenvalue weighted by molar-refractivity contribution is 7.99. The molecule has 144 valence electrons. The Morgan fingerprint density at radius 2 is 1.59 bits per heavy atom. The molecule has 0 fully saturated rings. The van der Waals surface area contributed by atoms with Gasteiger partial charge >= 0.3 is 5.97 Å². The molecule has 1 N–H and O–H groups in total. The molecule has 0 saturated carbocycles. The van der Waals surface area contributed by atoms with Crippen LogP contribution in [0.25, 0.3) is 22.4 Å². The maximum Gasteiger partial charge on any atom is 0.338 e. The van der Waals surface area contributed by atoms with Gasteiger partial charge in [0.2, 0.25) is 0 Å². The number of carbonyl (C=O) groups excluding carboxylic acids is 1. The molecular weight excluding hydrogens is 404 g/mol. The third-order valence-electron chi connectivity index (χ3n) is 4.44. The van der Waals surface area contributed by atoms with Crippen molar-refractivity contribution in [2.24, 2.45) is 0 Å². The summed E-state index contributed by atoms with van der Waals surface area (Å²) >= 11 is 7.63. The van der Waals surface area contributed by atoms with Crippen LogP contribution in [0.15, 0.2) is 88.8 Å². The zero-order chi connectivity index (χ0) is 20.2. The summed E-state index contributed by atoms with van der Waals surface area (Å²) in [5.74, 6) is -0.385. The van der Waals surface area contributed by atoms with Crippen LogP contribution in [0.4, 0.5) is 0 Å². The molecule has 0 atom stereocenters. The first-order valence-corrected chi connectivity index (χ1v) is 10.1. The first-order valence-electron chi connectivity index (χ1n) is 8.90. The minimum absolute atomic E-state index is 0.385. The first-order chi connectivity index (χ1) is 14.1. The number of H-pyrrole nitrogens is 1. The Morgan fingerprint density at radius 1 is 0.931 bits per heavy atom. The fraction of sp³-hybridized carbons (Fsp3) is 0.0435. The Balaban J connectivity index is 1.63. The maximum atomic E-state index is 12.1. The average molecular weight is 421 g/mol. The normalized spacial score (nSPS) is 10.7. The summed E-state index contributed by atoms with van der Waals surface area (Å²) in [5, 5.41) is 7.74. The Kier molecular flexibility index (Phi) is 5.69.